The van der Waals surface area contributed by atoms with Gasteiger partial charge in [0.1, 0.15) is 0 Å². The number of nitrogens with zero attached hydrogens (tertiary/aromatic N) is 13. The Morgan fingerprint density at radius 1 is 0.548 bits per heavy atom. The average Bonchev–Trinajstić information content (AvgIpc) is 1.77. The lowest BCUT2D eigenvalue weighted by molar-refractivity contribution is -0.388. The molecule has 3 aliphatic rings. The zero-order valence-corrected chi connectivity index (χ0v) is 66.9. The quantitative estimate of drug-likeness (QED) is 0.00992. The Morgan fingerprint density at radius 2 is 0.948 bits per heavy atom. The molecule has 0 atom stereocenters. The van der Waals surface area contributed by atoms with Gasteiger partial charge in [0.25, 0.3) is 47.5 Å². The topological polar surface area (TPSA) is 547 Å². The van der Waals surface area contributed by atoms with E-state index in [4.69, 9.17) is 60.9 Å². The number of halogens is 3. The molecule has 0 saturated heterocycles. The van der Waals surface area contributed by atoms with E-state index in [1.165, 1.54) is 95.7 Å². The van der Waals surface area contributed by atoms with Crippen molar-refractivity contribution in [1.82, 2.24) is 42.5 Å². The van der Waals surface area contributed by atoms with E-state index >= 15 is 0 Å². The second-order valence-corrected chi connectivity index (χ2v) is 33.2. The minimum Gasteiger partial charge on any atom is -0.463 e. The monoisotopic (exact) mass is 1750 g/mol. The minimum absolute atomic E-state index is 0.0123. The Hall–Kier alpha value is -11.1. The molecule has 2 N–H and O–H groups in total. The fourth-order valence-corrected chi connectivity index (χ4v) is 17.3. The summed E-state index contributed by atoms with van der Waals surface area (Å²) in [5.41, 5.74) is 0.264. The van der Waals surface area contributed by atoms with E-state index in [1.807, 2.05) is 4.68 Å². The highest BCUT2D eigenvalue weighted by Crippen LogP contribution is 2.32. The van der Waals surface area contributed by atoms with E-state index in [0.717, 1.165) is 80.7 Å². The van der Waals surface area contributed by atoms with Crippen LogP contribution in [0, 0.1) is 75.3 Å². The van der Waals surface area contributed by atoms with E-state index < -0.39 is 129 Å². The largest absolute Gasteiger partial charge is 0.463 e. The number of hydrogen-bond donors (Lipinski definition) is 2. The Bertz CT molecular complexity index is 5480. The van der Waals surface area contributed by atoms with Crippen molar-refractivity contribution in [3.8, 4) is 24.7 Å². The number of nitrogens with one attached hydrogen (secondary N) is 2. The van der Waals surface area contributed by atoms with Gasteiger partial charge < -0.3 is 19.5 Å². The zero-order chi connectivity index (χ0) is 85.6. The number of benzene rings is 5. The van der Waals surface area contributed by atoms with Crippen molar-refractivity contribution in [3.63, 3.8) is 0 Å². The molecule has 10 rings (SSSR count). The third kappa shape index (κ3) is 26.2. The molecular weight excluding hydrogens is 1690 g/mol. The number of carbonyl (C=O) groups is 3. The number of ether oxygens (including phenoxy) is 3. The molecule has 0 fully saturated rings. The first kappa shape index (κ1) is 94.5. The SMILES string of the molecule is C#CCN(CCCl)S(=O)(=O)c1ccccc1[N+](=O)[O-].C#CCNS(=O)(=O)c1ccccc1[N+](=O)[O-].CCOC(=O)C1=CC(CN(CCCl)S(=O)(=O)c2ccccc2[N+](=O)[O-])=NC1.CCOC(=O)c1cc2n(n1)CCN(S(=O)(=O)c1ccccc1[N+](=O)[O-])C2.CCOC(=O)c1cc2n(n1)CCNC2.O=[N+]([O-])c1ccccc1S(=O)(=O)Cl. The number of rotatable bonds is 28. The van der Waals surface area contributed by atoms with E-state index in [9.17, 15) is 107 Å². The van der Waals surface area contributed by atoms with Crippen molar-refractivity contribution >= 4 is 135 Å². The number of nitro groups is 5. The summed E-state index contributed by atoms with van der Waals surface area (Å²) in [7, 11) is -15.3. The number of sulfonamides is 4. The minimum atomic E-state index is -4.19. The number of hydrogen-bond acceptors (Lipinski definition) is 30. The van der Waals surface area contributed by atoms with Crippen LogP contribution in [0.15, 0.2) is 175 Å². The number of fused-ring (bicyclic) bond motifs is 2. The first-order valence-electron chi connectivity index (χ1n) is 33.0. The van der Waals surface area contributed by atoms with E-state index in [0.29, 0.717) is 29.3 Å². The first-order chi connectivity index (χ1) is 54.3. The smallest absolute Gasteiger partial charge is 0.358 e. The Balaban J connectivity index is 0.000000252. The van der Waals surface area contributed by atoms with Gasteiger partial charge in [-0.1, -0.05) is 72.5 Å². The fraction of sp³-hybridized carbons (Fsp3) is 0.303. The van der Waals surface area contributed by atoms with Crippen LogP contribution in [0.2, 0.25) is 0 Å². The summed E-state index contributed by atoms with van der Waals surface area (Å²) in [5, 5.41) is 65.7. The van der Waals surface area contributed by atoms with Crippen molar-refractivity contribution in [2.75, 3.05) is 83.9 Å². The Kier molecular flexibility index (Phi) is 36.1. The summed E-state index contributed by atoms with van der Waals surface area (Å²) in [6.07, 6.45) is 11.5. The van der Waals surface area contributed by atoms with Crippen LogP contribution in [0.3, 0.4) is 0 Å². The van der Waals surface area contributed by atoms with Gasteiger partial charge in [-0.2, -0.15) is 27.8 Å². The highest BCUT2D eigenvalue weighted by Gasteiger charge is 2.37. The first-order valence-corrected chi connectivity index (χ1v) is 42.2. The maximum absolute atomic E-state index is 12.9. The highest BCUT2D eigenvalue weighted by atomic mass is 35.7. The summed E-state index contributed by atoms with van der Waals surface area (Å²) in [4.78, 5) is 87.4. The molecule has 3 aliphatic heterocycles. The molecular formula is C66H70Cl3N15O26S5. The van der Waals surface area contributed by atoms with Crippen LogP contribution < -0.4 is 10.0 Å². The molecule has 0 unspecified atom stereocenters. The molecule has 0 radical (unpaired) electrons. The van der Waals surface area contributed by atoms with Crippen LogP contribution in [0.1, 0.15) is 53.1 Å². The molecule has 0 saturated carbocycles. The van der Waals surface area contributed by atoms with E-state index in [2.05, 4.69) is 37.1 Å². The molecule has 41 nitrogen and oxygen atoms in total. The summed E-state index contributed by atoms with van der Waals surface area (Å²) < 4.78 is 144. The highest BCUT2D eigenvalue weighted by molar-refractivity contribution is 8.13. The van der Waals surface area contributed by atoms with Crippen molar-refractivity contribution in [2.45, 2.75) is 71.4 Å². The number of terminal acetylenes is 2. The molecule has 0 bridgehead atoms. The molecule has 0 spiro atoms. The molecule has 5 heterocycles. The number of nitro benzene ring substituents is 5. The van der Waals surface area contributed by atoms with Crippen molar-refractivity contribution < 1.29 is 95.3 Å². The third-order valence-corrected chi connectivity index (χ3v) is 23.9. The standard InChI is InChI=1S/C16H18ClN3O6S.C15H16N4O6S.C11H11ClN2O4S.C9H13N3O2.C9H8N2O4S.C6H4ClNO4S/c1-2-26-16(21)12-9-13(18-10-12)11-19(8-7-17)27(24,25)15-6-4-3-5-14(15)20(22)23;1-2-25-15(20)12-9-11-10-17(7-8-18(11)16-12)26(23,24)14-6-4-3-5-13(14)19(21)22;1-2-8-13(9-7-12)19(17,18)11-6-4-3-5-10(11)14(15)16;1-2-14-9(13)8-5-7-6-10-3-4-12(7)11-8;1-2-7-10-16(14,15)9-6-4-3-5-8(9)11(12)13;7-13(11,12)6-4-2-1-3-5(6)8(9)10/h3-6,9H,2,7-8,10-11H2,1H3;3-6,9H,2,7-8,10H2,1H3;1,3-6H,7-9H2;5,10H,2-4,6H2,1H3;1,3-6,10H,7H2;1-4H. The lowest BCUT2D eigenvalue weighted by Crippen LogP contribution is -2.38. The van der Waals surface area contributed by atoms with Gasteiger partial charge in [0.2, 0.25) is 30.1 Å². The lowest BCUT2D eigenvalue weighted by Gasteiger charge is -2.26. The molecule has 616 valence electrons. The van der Waals surface area contributed by atoms with Crippen LogP contribution in [0.5, 0.6) is 0 Å². The maximum atomic E-state index is 12.9. The number of alkyl halides is 2. The fourth-order valence-electron chi connectivity index (χ4n) is 9.97. The van der Waals surface area contributed by atoms with Gasteiger partial charge in [-0.05, 0) is 69.3 Å². The number of aliphatic imine (C=N–C) groups is 1. The van der Waals surface area contributed by atoms with Crippen molar-refractivity contribution in [3.05, 3.63) is 218 Å². The predicted molar refractivity (Wildman–Crippen MR) is 413 cm³/mol. The van der Waals surface area contributed by atoms with Crippen LogP contribution >= 0.6 is 33.9 Å². The zero-order valence-electron chi connectivity index (χ0n) is 60.6. The van der Waals surface area contributed by atoms with Gasteiger partial charge in [-0.15, -0.1) is 36.0 Å². The van der Waals surface area contributed by atoms with E-state index in [-0.39, 0.29) is 105 Å². The molecule has 115 heavy (non-hydrogen) atoms. The van der Waals surface area contributed by atoms with Gasteiger partial charge >= 0.3 is 17.9 Å². The summed E-state index contributed by atoms with van der Waals surface area (Å²) >= 11 is 11.2. The Morgan fingerprint density at radius 3 is 1.38 bits per heavy atom. The number of para-hydroxylation sites is 5. The second-order valence-electron chi connectivity index (χ2n) is 22.5. The predicted octanol–water partition coefficient (Wildman–Crippen LogP) is 6.59. The molecule has 7 aromatic rings. The number of carbonyl (C=O) groups excluding carboxylic acids is 3. The van der Waals surface area contributed by atoms with Crippen molar-refractivity contribution in [2.24, 2.45) is 4.99 Å². The van der Waals surface area contributed by atoms with Crippen LogP contribution in [0.4, 0.5) is 28.4 Å². The van der Waals surface area contributed by atoms with Gasteiger partial charge in [0, 0.05) is 85.5 Å². The normalized spacial score (nSPS) is 13.0. The number of aromatic nitrogens is 4. The molecule has 2 aromatic heterocycles. The Labute approximate surface area is 672 Å². The third-order valence-electron chi connectivity index (χ3n) is 15.1. The van der Waals surface area contributed by atoms with Gasteiger partial charge in [-0.3, -0.25) is 64.9 Å². The second kappa shape index (κ2) is 43.9. The molecule has 49 heteroatoms. The van der Waals surface area contributed by atoms with Gasteiger partial charge in [0.05, 0.1) is 113 Å². The van der Waals surface area contributed by atoms with Crippen LogP contribution in [-0.4, -0.2) is 207 Å². The van der Waals surface area contributed by atoms with E-state index in [1.54, 1.807) is 26.8 Å². The van der Waals surface area contributed by atoms with Gasteiger partial charge in [-0.25, -0.2) is 56.5 Å². The van der Waals surface area contributed by atoms with Crippen LogP contribution in [0.25, 0.3) is 0 Å². The number of esters is 3. The summed E-state index contributed by atoms with van der Waals surface area (Å²) in [6, 6.07) is 28.6. The lowest BCUT2D eigenvalue weighted by atomic mass is 10.2. The maximum Gasteiger partial charge on any atom is 0.358 e. The molecule has 0 amide bonds. The van der Waals surface area contributed by atoms with Gasteiger partial charge in [0.15, 0.2) is 35.9 Å². The summed E-state index contributed by atoms with van der Waals surface area (Å²) in [5.74, 6) is 2.88. The average molecular weight is 1760 g/mol. The molecule has 0 aliphatic carbocycles. The van der Waals surface area contributed by atoms with Crippen LogP contribution in [-0.2, 0) is 94.3 Å². The molecule has 5 aromatic carbocycles. The van der Waals surface area contributed by atoms with Crippen molar-refractivity contribution in [1.29, 1.82) is 0 Å². The summed E-state index contributed by atoms with van der Waals surface area (Å²) in [6.45, 7) is 8.15.